The standard InChI is InChI=1S/C36H38O12/c1-4-33(37)45-23-20-41-17-6-18-43-29-11-7-27(8-12-29)35(39)47-31-15-16-32(26(3)25-31)48-36(40)28-9-13-30(14-10-28)44-22-19-42-21-24-46-34(38)5-2/h4-5,7-16,25H,1-2,6,17-24H2,3H3. The van der Waals surface area contributed by atoms with Gasteiger partial charge in [-0.3, -0.25) is 0 Å². The smallest absolute Gasteiger partial charge is 0.343 e. The molecule has 3 aromatic carbocycles. The first-order valence-electron chi connectivity index (χ1n) is 15.0. The molecule has 0 spiro atoms. The van der Waals surface area contributed by atoms with E-state index in [4.69, 9.17) is 37.9 Å². The summed E-state index contributed by atoms with van der Waals surface area (Å²) < 4.78 is 42.6. The van der Waals surface area contributed by atoms with E-state index in [1.807, 2.05) is 0 Å². The van der Waals surface area contributed by atoms with E-state index in [-0.39, 0.29) is 33.0 Å². The number of esters is 4. The second-order valence-corrected chi connectivity index (χ2v) is 9.77. The molecule has 254 valence electrons. The van der Waals surface area contributed by atoms with E-state index < -0.39 is 23.9 Å². The molecular weight excluding hydrogens is 624 g/mol. The Bertz CT molecular complexity index is 1510. The van der Waals surface area contributed by atoms with E-state index in [0.29, 0.717) is 65.9 Å². The highest BCUT2D eigenvalue weighted by molar-refractivity contribution is 5.92. The van der Waals surface area contributed by atoms with Crippen LogP contribution >= 0.6 is 0 Å². The molecule has 0 bridgehead atoms. The van der Waals surface area contributed by atoms with Gasteiger partial charge in [0.05, 0.1) is 37.6 Å². The van der Waals surface area contributed by atoms with Gasteiger partial charge in [-0.15, -0.1) is 0 Å². The minimum atomic E-state index is -0.562. The Kier molecular flexibility index (Phi) is 15.9. The van der Waals surface area contributed by atoms with Gasteiger partial charge in [-0.1, -0.05) is 13.2 Å². The molecule has 0 heterocycles. The molecule has 0 radical (unpaired) electrons. The molecule has 48 heavy (non-hydrogen) atoms. The fourth-order valence-electron chi connectivity index (χ4n) is 3.79. The van der Waals surface area contributed by atoms with Gasteiger partial charge in [0.2, 0.25) is 0 Å². The van der Waals surface area contributed by atoms with Gasteiger partial charge in [0.1, 0.15) is 42.8 Å². The Labute approximate surface area is 278 Å². The summed E-state index contributed by atoms with van der Waals surface area (Å²) in [5.74, 6) is -0.374. The quantitative estimate of drug-likeness (QED) is 0.0650. The Hall–Kier alpha value is -5.46. The average molecular weight is 663 g/mol. The summed E-state index contributed by atoms with van der Waals surface area (Å²) in [6.45, 7) is 10.6. The van der Waals surface area contributed by atoms with Gasteiger partial charge in [-0.2, -0.15) is 0 Å². The topological polar surface area (TPSA) is 142 Å². The summed E-state index contributed by atoms with van der Waals surface area (Å²) >= 11 is 0. The highest BCUT2D eigenvalue weighted by Crippen LogP contribution is 2.26. The molecule has 12 nitrogen and oxygen atoms in total. The Morgan fingerprint density at radius 1 is 0.562 bits per heavy atom. The van der Waals surface area contributed by atoms with Crippen LogP contribution in [0.3, 0.4) is 0 Å². The van der Waals surface area contributed by atoms with Gasteiger partial charge in [0, 0.05) is 25.2 Å². The van der Waals surface area contributed by atoms with Crippen molar-refractivity contribution in [3.05, 3.63) is 109 Å². The first kappa shape index (κ1) is 37.0. The lowest BCUT2D eigenvalue weighted by Gasteiger charge is -2.11. The molecule has 3 aromatic rings. The van der Waals surface area contributed by atoms with E-state index in [9.17, 15) is 19.2 Å². The number of rotatable bonds is 21. The lowest BCUT2D eigenvalue weighted by Crippen LogP contribution is -2.13. The maximum absolute atomic E-state index is 12.7. The van der Waals surface area contributed by atoms with Crippen LogP contribution in [0.2, 0.25) is 0 Å². The third kappa shape index (κ3) is 13.5. The minimum Gasteiger partial charge on any atom is -0.494 e. The first-order valence-corrected chi connectivity index (χ1v) is 15.0. The molecule has 0 N–H and O–H groups in total. The minimum absolute atomic E-state index is 0.126. The van der Waals surface area contributed by atoms with Crippen LogP contribution in [0.15, 0.2) is 92.0 Å². The molecule has 3 rings (SSSR count). The predicted octanol–water partition coefficient (Wildman–Crippen LogP) is 5.07. The van der Waals surface area contributed by atoms with E-state index in [0.717, 1.165) is 12.2 Å². The molecule has 0 atom stereocenters. The number of carbonyl (C=O) groups excluding carboxylic acids is 4. The van der Waals surface area contributed by atoms with Crippen LogP contribution < -0.4 is 18.9 Å². The SMILES string of the molecule is C=CC(=O)OCCOCCCOc1ccc(C(=O)Oc2ccc(OC(=O)c3ccc(OCCOCCOC(=O)C=C)cc3)c(C)c2)cc1. The monoisotopic (exact) mass is 662 g/mol. The lowest BCUT2D eigenvalue weighted by molar-refractivity contribution is -0.140. The van der Waals surface area contributed by atoms with E-state index in [2.05, 4.69) is 13.2 Å². The molecule has 0 unspecified atom stereocenters. The van der Waals surface area contributed by atoms with Crippen molar-refractivity contribution in [1.82, 2.24) is 0 Å². The summed E-state index contributed by atoms with van der Waals surface area (Å²) in [5.41, 5.74) is 1.25. The first-order chi connectivity index (χ1) is 23.3. The maximum atomic E-state index is 12.7. The van der Waals surface area contributed by atoms with Crippen molar-refractivity contribution in [3.63, 3.8) is 0 Å². The third-order valence-corrected chi connectivity index (χ3v) is 6.22. The van der Waals surface area contributed by atoms with Crippen molar-refractivity contribution < 1.29 is 57.1 Å². The fraction of sp³-hybridized carbons (Fsp3) is 0.278. The zero-order chi connectivity index (χ0) is 34.6. The van der Waals surface area contributed by atoms with Crippen molar-refractivity contribution in [2.24, 2.45) is 0 Å². The van der Waals surface area contributed by atoms with Crippen LogP contribution in [-0.4, -0.2) is 76.7 Å². The van der Waals surface area contributed by atoms with Gasteiger partial charge in [-0.25, -0.2) is 19.2 Å². The summed E-state index contributed by atoms with van der Waals surface area (Å²) in [6, 6.07) is 17.7. The number of aryl methyl sites for hydroxylation is 1. The van der Waals surface area contributed by atoms with Crippen molar-refractivity contribution in [3.8, 4) is 23.0 Å². The molecule has 12 heteroatoms. The largest absolute Gasteiger partial charge is 0.494 e. The van der Waals surface area contributed by atoms with Crippen molar-refractivity contribution in [1.29, 1.82) is 0 Å². The second-order valence-electron chi connectivity index (χ2n) is 9.77. The highest BCUT2D eigenvalue weighted by Gasteiger charge is 2.14. The van der Waals surface area contributed by atoms with Crippen LogP contribution in [0.1, 0.15) is 32.7 Å². The van der Waals surface area contributed by atoms with Crippen LogP contribution in [-0.2, 0) is 28.5 Å². The summed E-state index contributed by atoms with van der Waals surface area (Å²) in [6.07, 6.45) is 2.81. The second kappa shape index (κ2) is 20.6. The van der Waals surface area contributed by atoms with Crippen molar-refractivity contribution in [2.75, 3.05) is 52.9 Å². The maximum Gasteiger partial charge on any atom is 0.343 e. The predicted molar refractivity (Wildman–Crippen MR) is 174 cm³/mol. The Balaban J connectivity index is 1.37. The fourth-order valence-corrected chi connectivity index (χ4v) is 3.79. The van der Waals surface area contributed by atoms with Crippen LogP contribution in [0.4, 0.5) is 0 Å². The number of ether oxygens (including phenoxy) is 8. The van der Waals surface area contributed by atoms with Gasteiger partial charge in [0.25, 0.3) is 0 Å². The number of hydrogen-bond acceptors (Lipinski definition) is 12. The normalized spacial score (nSPS) is 10.4. The van der Waals surface area contributed by atoms with Crippen LogP contribution in [0.25, 0.3) is 0 Å². The van der Waals surface area contributed by atoms with Gasteiger partial charge in [-0.05, 0) is 79.2 Å². The van der Waals surface area contributed by atoms with E-state index in [1.54, 1.807) is 73.7 Å². The van der Waals surface area contributed by atoms with Gasteiger partial charge >= 0.3 is 23.9 Å². The number of hydrogen-bond donors (Lipinski definition) is 0. The summed E-state index contributed by atoms with van der Waals surface area (Å²) in [5, 5.41) is 0. The van der Waals surface area contributed by atoms with Gasteiger partial charge < -0.3 is 37.9 Å². The van der Waals surface area contributed by atoms with E-state index >= 15 is 0 Å². The van der Waals surface area contributed by atoms with Crippen molar-refractivity contribution in [2.45, 2.75) is 13.3 Å². The van der Waals surface area contributed by atoms with E-state index in [1.165, 1.54) is 0 Å². The molecule has 0 saturated heterocycles. The Morgan fingerprint density at radius 3 is 1.58 bits per heavy atom. The van der Waals surface area contributed by atoms with Crippen LogP contribution in [0.5, 0.6) is 23.0 Å². The van der Waals surface area contributed by atoms with Crippen molar-refractivity contribution >= 4 is 23.9 Å². The summed E-state index contributed by atoms with van der Waals surface area (Å²) in [4.78, 5) is 47.3. The zero-order valence-corrected chi connectivity index (χ0v) is 26.7. The number of carbonyl (C=O) groups is 4. The molecule has 0 aromatic heterocycles. The molecule has 0 fully saturated rings. The van der Waals surface area contributed by atoms with Gasteiger partial charge in [0.15, 0.2) is 0 Å². The lowest BCUT2D eigenvalue weighted by atomic mass is 10.2. The molecular formula is C36H38O12. The third-order valence-electron chi connectivity index (χ3n) is 6.22. The molecule has 0 aliphatic carbocycles. The molecule has 0 aliphatic heterocycles. The zero-order valence-electron chi connectivity index (χ0n) is 26.7. The Morgan fingerprint density at radius 2 is 1.04 bits per heavy atom. The van der Waals surface area contributed by atoms with Crippen LogP contribution in [0, 0.1) is 6.92 Å². The summed E-state index contributed by atoms with van der Waals surface area (Å²) in [7, 11) is 0. The molecule has 0 aliphatic rings. The molecule has 0 amide bonds. The molecule has 0 saturated carbocycles. The highest BCUT2D eigenvalue weighted by atomic mass is 16.6. The average Bonchev–Trinajstić information content (AvgIpc) is 3.10. The number of benzene rings is 3.